The summed E-state index contributed by atoms with van der Waals surface area (Å²) < 4.78 is 21.3. The summed E-state index contributed by atoms with van der Waals surface area (Å²) in [5.41, 5.74) is 6.50. The molecule has 0 spiro atoms. The van der Waals surface area contributed by atoms with Crippen LogP contribution >= 0.6 is 0 Å². The first-order valence-electron chi connectivity index (χ1n) is 12.9. The lowest BCUT2D eigenvalue weighted by Gasteiger charge is -2.26. The van der Waals surface area contributed by atoms with Crippen molar-refractivity contribution in [3.05, 3.63) is 77.2 Å². The first-order valence-corrected chi connectivity index (χ1v) is 12.9. The summed E-state index contributed by atoms with van der Waals surface area (Å²) in [6.07, 6.45) is 6.64. The molecule has 1 N–H and O–H groups in total. The van der Waals surface area contributed by atoms with Crippen molar-refractivity contribution in [3.63, 3.8) is 0 Å². The molecule has 1 saturated heterocycles. The molecule has 5 nitrogen and oxygen atoms in total. The van der Waals surface area contributed by atoms with Crippen molar-refractivity contribution >= 4 is 5.91 Å². The number of hydrogen-bond acceptors (Lipinski definition) is 3. The molecule has 2 heterocycles. The number of aryl methyl sites for hydroxylation is 1. The monoisotopic (exact) mass is 475 g/mol. The van der Waals surface area contributed by atoms with Gasteiger partial charge in [-0.1, -0.05) is 6.42 Å². The number of amides is 1. The predicted molar refractivity (Wildman–Crippen MR) is 137 cm³/mol. The minimum atomic E-state index is -0.228. The second-order valence-electron chi connectivity index (χ2n) is 9.51. The van der Waals surface area contributed by atoms with Gasteiger partial charge in [0.25, 0.3) is 5.91 Å². The number of nitrogens with one attached hydrogen (secondary N) is 1. The highest BCUT2D eigenvalue weighted by Gasteiger charge is 2.20. The molecular weight excluding hydrogens is 441 g/mol. The van der Waals surface area contributed by atoms with Gasteiger partial charge in [0.1, 0.15) is 5.82 Å². The van der Waals surface area contributed by atoms with E-state index in [0.29, 0.717) is 12.1 Å². The molecule has 184 valence electrons. The van der Waals surface area contributed by atoms with E-state index in [0.717, 1.165) is 69.1 Å². The fourth-order valence-corrected chi connectivity index (χ4v) is 5.20. The van der Waals surface area contributed by atoms with Crippen molar-refractivity contribution in [1.29, 1.82) is 0 Å². The average molecular weight is 476 g/mol. The molecule has 2 aliphatic rings. The molecule has 0 bridgehead atoms. The van der Waals surface area contributed by atoms with Crippen LogP contribution in [0, 0.1) is 5.82 Å². The number of fused-ring (bicyclic) bond motifs is 1. The van der Waals surface area contributed by atoms with E-state index in [1.807, 2.05) is 36.4 Å². The van der Waals surface area contributed by atoms with Crippen molar-refractivity contribution in [2.45, 2.75) is 38.5 Å². The molecule has 1 fully saturated rings. The van der Waals surface area contributed by atoms with Crippen LogP contribution in [-0.4, -0.2) is 54.8 Å². The van der Waals surface area contributed by atoms with Crippen LogP contribution in [0.1, 0.15) is 47.3 Å². The van der Waals surface area contributed by atoms with Gasteiger partial charge < -0.3 is 14.6 Å². The Hall–Kier alpha value is -2.96. The summed E-state index contributed by atoms with van der Waals surface area (Å²) in [5, 5.41) is 3.05. The first kappa shape index (κ1) is 23.8. The number of halogens is 1. The summed E-state index contributed by atoms with van der Waals surface area (Å²) in [4.78, 5) is 15.1. The number of rotatable bonds is 7. The molecule has 0 unspecified atom stereocenters. The topological polar surface area (TPSA) is 46.5 Å². The Balaban J connectivity index is 1.31. The lowest BCUT2D eigenvalue weighted by molar-refractivity contribution is 0.0374. The SMILES string of the molecule is O=C(NCCCN1CCOCC1)c1ccc(-n2c(-c3ccc(F)cc3)cc3c2CCCCC3)cc1. The minimum Gasteiger partial charge on any atom is -0.379 e. The molecule has 35 heavy (non-hydrogen) atoms. The third-order valence-electron chi connectivity index (χ3n) is 7.12. The molecule has 1 aromatic heterocycles. The third-order valence-corrected chi connectivity index (χ3v) is 7.12. The van der Waals surface area contributed by atoms with Crippen molar-refractivity contribution in [1.82, 2.24) is 14.8 Å². The molecule has 2 aromatic carbocycles. The van der Waals surface area contributed by atoms with Gasteiger partial charge in [0.05, 0.1) is 18.9 Å². The molecule has 0 saturated carbocycles. The Morgan fingerprint density at radius 3 is 2.46 bits per heavy atom. The number of aromatic nitrogens is 1. The van der Waals surface area contributed by atoms with Gasteiger partial charge >= 0.3 is 0 Å². The zero-order valence-electron chi connectivity index (χ0n) is 20.3. The molecular formula is C29H34FN3O2. The normalized spacial score (nSPS) is 16.5. The van der Waals surface area contributed by atoms with Gasteiger partial charge in [0.2, 0.25) is 0 Å². The van der Waals surface area contributed by atoms with Crippen LogP contribution < -0.4 is 5.32 Å². The number of benzene rings is 2. The Morgan fingerprint density at radius 1 is 0.943 bits per heavy atom. The second-order valence-corrected chi connectivity index (χ2v) is 9.51. The Bertz CT molecular complexity index is 1130. The lowest BCUT2D eigenvalue weighted by Crippen LogP contribution is -2.38. The molecule has 0 radical (unpaired) electrons. The van der Waals surface area contributed by atoms with Gasteiger partial charge in [-0.05, 0) is 104 Å². The number of carbonyl (C=O) groups excluding carboxylic acids is 1. The van der Waals surface area contributed by atoms with Gasteiger partial charge in [-0.3, -0.25) is 9.69 Å². The number of carbonyl (C=O) groups is 1. The van der Waals surface area contributed by atoms with E-state index in [1.54, 1.807) is 0 Å². The van der Waals surface area contributed by atoms with E-state index in [1.165, 1.54) is 42.7 Å². The minimum absolute atomic E-state index is 0.0383. The van der Waals surface area contributed by atoms with E-state index in [4.69, 9.17) is 4.74 Å². The Kier molecular flexibility index (Phi) is 7.60. The highest BCUT2D eigenvalue weighted by Crippen LogP contribution is 2.33. The molecule has 5 rings (SSSR count). The Morgan fingerprint density at radius 2 is 1.69 bits per heavy atom. The zero-order valence-corrected chi connectivity index (χ0v) is 20.3. The predicted octanol–water partition coefficient (Wildman–Crippen LogP) is 5.00. The standard InChI is InChI=1S/C29H34FN3O2/c30-25-11-7-22(8-12-25)28-21-24-5-2-1-3-6-27(24)33(28)26-13-9-23(10-14-26)29(34)31-15-4-16-32-17-19-35-20-18-32/h7-14,21H,1-6,15-20H2,(H,31,34). The maximum absolute atomic E-state index is 13.6. The second kappa shape index (κ2) is 11.2. The maximum atomic E-state index is 13.6. The molecule has 1 amide bonds. The van der Waals surface area contributed by atoms with Crippen LogP contribution in [0.2, 0.25) is 0 Å². The van der Waals surface area contributed by atoms with Gasteiger partial charge in [0, 0.05) is 36.6 Å². The van der Waals surface area contributed by atoms with Crippen LogP contribution in [0.15, 0.2) is 54.6 Å². The van der Waals surface area contributed by atoms with Crippen LogP contribution in [0.4, 0.5) is 4.39 Å². The van der Waals surface area contributed by atoms with Crippen LogP contribution in [0.25, 0.3) is 16.9 Å². The number of nitrogens with zero attached hydrogens (tertiary/aromatic N) is 2. The zero-order chi connectivity index (χ0) is 24.0. The third kappa shape index (κ3) is 5.65. The fraction of sp³-hybridized carbons (Fsp3) is 0.414. The van der Waals surface area contributed by atoms with Crippen LogP contribution in [0.5, 0.6) is 0 Å². The van der Waals surface area contributed by atoms with E-state index in [9.17, 15) is 9.18 Å². The number of morpholine rings is 1. The fourth-order valence-electron chi connectivity index (χ4n) is 5.20. The van der Waals surface area contributed by atoms with Crippen LogP contribution in [0.3, 0.4) is 0 Å². The summed E-state index contributed by atoms with van der Waals surface area (Å²) in [6, 6.07) is 16.9. The maximum Gasteiger partial charge on any atom is 0.251 e. The van der Waals surface area contributed by atoms with E-state index in [2.05, 4.69) is 20.9 Å². The highest BCUT2D eigenvalue weighted by atomic mass is 19.1. The average Bonchev–Trinajstić information content (AvgIpc) is 3.09. The van der Waals surface area contributed by atoms with Crippen molar-refractivity contribution in [3.8, 4) is 16.9 Å². The molecule has 6 heteroatoms. The number of hydrogen-bond donors (Lipinski definition) is 1. The number of ether oxygens (including phenoxy) is 1. The lowest BCUT2D eigenvalue weighted by atomic mass is 10.1. The molecule has 0 atom stereocenters. The van der Waals surface area contributed by atoms with Gasteiger partial charge in [-0.25, -0.2) is 4.39 Å². The largest absolute Gasteiger partial charge is 0.379 e. The first-order chi connectivity index (χ1) is 17.2. The summed E-state index contributed by atoms with van der Waals surface area (Å²) in [6.45, 7) is 5.18. The van der Waals surface area contributed by atoms with E-state index < -0.39 is 0 Å². The van der Waals surface area contributed by atoms with Crippen molar-refractivity contribution in [2.75, 3.05) is 39.4 Å². The Labute approximate surface area is 206 Å². The summed E-state index contributed by atoms with van der Waals surface area (Å²) >= 11 is 0. The molecule has 3 aromatic rings. The van der Waals surface area contributed by atoms with Crippen molar-refractivity contribution in [2.24, 2.45) is 0 Å². The van der Waals surface area contributed by atoms with Crippen molar-refractivity contribution < 1.29 is 13.9 Å². The summed E-state index contributed by atoms with van der Waals surface area (Å²) in [5.74, 6) is -0.266. The smallest absolute Gasteiger partial charge is 0.251 e. The quantitative estimate of drug-likeness (QED) is 0.386. The molecule has 1 aliphatic heterocycles. The van der Waals surface area contributed by atoms with E-state index >= 15 is 0 Å². The van der Waals surface area contributed by atoms with Crippen LogP contribution in [-0.2, 0) is 17.6 Å². The van der Waals surface area contributed by atoms with Gasteiger partial charge in [0.15, 0.2) is 0 Å². The highest BCUT2D eigenvalue weighted by molar-refractivity contribution is 5.94. The van der Waals surface area contributed by atoms with Gasteiger partial charge in [-0.15, -0.1) is 0 Å². The van der Waals surface area contributed by atoms with Gasteiger partial charge in [-0.2, -0.15) is 0 Å². The molecule has 1 aliphatic carbocycles. The summed E-state index contributed by atoms with van der Waals surface area (Å²) in [7, 11) is 0. The van der Waals surface area contributed by atoms with E-state index in [-0.39, 0.29) is 11.7 Å².